The number of allylic oxidation sites excluding steroid dienone is 1. The third kappa shape index (κ3) is 4.61. The van der Waals surface area contributed by atoms with Gasteiger partial charge in [-0.3, -0.25) is 4.79 Å². The monoisotopic (exact) mass is 434 g/mol. The van der Waals surface area contributed by atoms with Crippen LogP contribution in [-0.2, 0) is 19.6 Å². The van der Waals surface area contributed by atoms with E-state index in [0.29, 0.717) is 36.5 Å². The van der Waals surface area contributed by atoms with Crippen LogP contribution >= 0.6 is 0 Å². The fourth-order valence-electron chi connectivity index (χ4n) is 4.37. The zero-order chi connectivity index (χ0) is 21.3. The summed E-state index contributed by atoms with van der Waals surface area (Å²) in [6.45, 7) is 0.243. The molecule has 1 amide bonds. The number of hydrogen-bond acceptors (Lipinski definition) is 6. The average molecular weight is 435 g/mol. The van der Waals surface area contributed by atoms with Crippen molar-refractivity contribution in [2.24, 2.45) is 4.40 Å². The lowest BCUT2D eigenvalue weighted by Gasteiger charge is -2.31. The van der Waals surface area contributed by atoms with Crippen molar-refractivity contribution in [1.82, 2.24) is 4.90 Å². The minimum absolute atomic E-state index is 0.0189. The van der Waals surface area contributed by atoms with Crippen LogP contribution in [0, 0.1) is 0 Å². The Balaban J connectivity index is 1.71. The molecule has 0 atom stereocenters. The van der Waals surface area contributed by atoms with Crippen molar-refractivity contribution in [2.75, 3.05) is 19.4 Å². The molecule has 0 spiro atoms. The number of piperidine rings is 1. The number of carbonyl (C=O) groups is 1. The van der Waals surface area contributed by atoms with E-state index in [4.69, 9.17) is 9.47 Å². The number of carbonyl (C=O) groups excluding carboxylic acids is 1. The first-order valence-corrected chi connectivity index (χ1v) is 12.1. The first-order valence-electron chi connectivity index (χ1n) is 10.2. The number of benzene rings is 1. The van der Waals surface area contributed by atoms with Crippen molar-refractivity contribution in [3.05, 3.63) is 35.7 Å². The van der Waals surface area contributed by atoms with E-state index >= 15 is 0 Å². The first-order chi connectivity index (χ1) is 14.3. The SMILES string of the molecule is CS(=O)(=O)/N=C1CCCN2C(=O)COc3ccc(O)cc3C3CCC(CC3)O\C=C\12. The number of rotatable bonds is 1. The fourth-order valence-corrected chi connectivity index (χ4v) is 4.95. The number of phenolic OH excluding ortho intramolecular Hbond substituents is 1. The van der Waals surface area contributed by atoms with E-state index in [1.165, 1.54) is 11.2 Å². The lowest BCUT2D eigenvalue weighted by atomic mass is 9.82. The summed E-state index contributed by atoms with van der Waals surface area (Å²) in [5.41, 5.74) is 1.64. The number of phenols is 1. The molecule has 3 aliphatic heterocycles. The first kappa shape index (κ1) is 20.7. The van der Waals surface area contributed by atoms with Gasteiger partial charge in [0.15, 0.2) is 6.61 Å². The van der Waals surface area contributed by atoms with Gasteiger partial charge in [0.2, 0.25) is 0 Å². The normalized spacial score (nSPS) is 28.0. The van der Waals surface area contributed by atoms with E-state index in [-0.39, 0.29) is 30.3 Å². The van der Waals surface area contributed by atoms with E-state index in [9.17, 15) is 18.3 Å². The zero-order valence-corrected chi connectivity index (χ0v) is 17.7. The molecule has 0 aromatic heterocycles. The van der Waals surface area contributed by atoms with E-state index < -0.39 is 10.0 Å². The van der Waals surface area contributed by atoms with Crippen LogP contribution in [0.4, 0.5) is 0 Å². The Labute approximate surface area is 176 Å². The van der Waals surface area contributed by atoms with Gasteiger partial charge in [0.05, 0.1) is 18.1 Å². The Morgan fingerprint density at radius 1 is 1.20 bits per heavy atom. The van der Waals surface area contributed by atoms with Gasteiger partial charge >= 0.3 is 0 Å². The maximum absolute atomic E-state index is 13.0. The van der Waals surface area contributed by atoms with Gasteiger partial charge in [0, 0.05) is 12.1 Å². The summed E-state index contributed by atoms with van der Waals surface area (Å²) < 4.78 is 39.3. The topological polar surface area (TPSA) is 106 Å². The molecular weight excluding hydrogens is 408 g/mol. The third-order valence-corrected chi connectivity index (χ3v) is 6.34. The van der Waals surface area contributed by atoms with Gasteiger partial charge in [-0.15, -0.1) is 0 Å². The minimum atomic E-state index is -3.60. The van der Waals surface area contributed by atoms with Crippen LogP contribution in [0.15, 0.2) is 34.6 Å². The molecule has 4 aliphatic rings. The highest BCUT2D eigenvalue weighted by molar-refractivity contribution is 7.89. The summed E-state index contributed by atoms with van der Waals surface area (Å²) in [4.78, 5) is 14.5. The summed E-state index contributed by atoms with van der Waals surface area (Å²) in [5, 5.41) is 9.95. The van der Waals surface area contributed by atoms with E-state index in [1.807, 2.05) is 0 Å². The Morgan fingerprint density at radius 3 is 2.70 bits per heavy atom. The quantitative estimate of drug-likeness (QED) is 0.729. The van der Waals surface area contributed by atoms with E-state index in [1.54, 1.807) is 18.2 Å². The molecule has 8 nitrogen and oxygen atoms in total. The van der Waals surface area contributed by atoms with Crippen LogP contribution in [0.3, 0.4) is 0 Å². The van der Waals surface area contributed by atoms with Gasteiger partial charge < -0.3 is 19.5 Å². The van der Waals surface area contributed by atoms with E-state index in [2.05, 4.69) is 4.40 Å². The van der Waals surface area contributed by atoms with Crippen LogP contribution in [-0.4, -0.2) is 55.6 Å². The van der Waals surface area contributed by atoms with Crippen LogP contribution < -0.4 is 4.74 Å². The summed E-state index contributed by atoms with van der Waals surface area (Å²) in [5.74, 6) is 0.696. The third-order valence-electron chi connectivity index (χ3n) is 5.79. The molecule has 3 heterocycles. The summed E-state index contributed by atoms with van der Waals surface area (Å²) in [6, 6.07) is 4.97. The van der Waals surface area contributed by atoms with Crippen molar-refractivity contribution in [1.29, 1.82) is 0 Å². The van der Waals surface area contributed by atoms with Gasteiger partial charge in [-0.25, -0.2) is 8.42 Å². The Hall–Kier alpha value is -2.55. The molecule has 30 heavy (non-hydrogen) atoms. The number of nitrogens with zero attached hydrogens (tertiary/aromatic N) is 2. The second-order valence-electron chi connectivity index (χ2n) is 8.04. The molecule has 5 rings (SSSR count). The standard InChI is InChI=1S/C21H26N2O6S/c1-30(26,27)22-18-3-2-10-23-19(18)12-28-16-7-4-14(5-8-16)17-11-15(24)6-9-20(17)29-13-21(23)25/h6,9,11-12,14,16,24H,2-5,7-8,10,13H2,1H3/b19-12-,22-18+. The average Bonchev–Trinajstić information content (AvgIpc) is 2.71. The summed E-state index contributed by atoms with van der Waals surface area (Å²) in [6.07, 6.45) is 6.96. The summed E-state index contributed by atoms with van der Waals surface area (Å²) >= 11 is 0. The molecule has 0 unspecified atom stereocenters. The van der Waals surface area contributed by atoms with Crippen LogP contribution in [0.5, 0.6) is 11.5 Å². The van der Waals surface area contributed by atoms with Crippen molar-refractivity contribution >= 4 is 21.6 Å². The number of fused-ring (bicyclic) bond motifs is 5. The number of hydrogen-bond donors (Lipinski definition) is 1. The molecular formula is C21H26N2O6S. The Bertz CT molecular complexity index is 993. The fraction of sp³-hybridized carbons (Fsp3) is 0.524. The van der Waals surface area contributed by atoms with Crippen molar-refractivity contribution < 1.29 is 27.8 Å². The lowest BCUT2D eigenvalue weighted by molar-refractivity contribution is -0.131. The number of amides is 1. The summed E-state index contributed by atoms with van der Waals surface area (Å²) in [7, 11) is -3.60. The molecule has 1 aliphatic carbocycles. The number of sulfonamides is 1. The second kappa shape index (κ2) is 8.29. The Kier molecular flexibility index (Phi) is 5.73. The maximum atomic E-state index is 13.0. The lowest BCUT2D eigenvalue weighted by Crippen LogP contribution is -2.41. The van der Waals surface area contributed by atoms with Crippen molar-refractivity contribution in [3.63, 3.8) is 0 Å². The van der Waals surface area contributed by atoms with Crippen LogP contribution in [0.25, 0.3) is 0 Å². The molecule has 1 aromatic rings. The highest BCUT2D eigenvalue weighted by Gasteiger charge is 2.31. The number of ether oxygens (including phenoxy) is 2. The van der Waals surface area contributed by atoms with Gasteiger partial charge in [-0.05, 0) is 62.6 Å². The molecule has 1 aromatic carbocycles. The second-order valence-corrected chi connectivity index (χ2v) is 9.69. The predicted molar refractivity (Wildman–Crippen MR) is 111 cm³/mol. The smallest absolute Gasteiger partial charge is 0.265 e. The molecule has 1 saturated heterocycles. The molecule has 2 fully saturated rings. The number of aromatic hydroxyl groups is 1. The molecule has 1 saturated carbocycles. The maximum Gasteiger partial charge on any atom is 0.265 e. The van der Waals surface area contributed by atoms with Crippen molar-refractivity contribution in [3.8, 4) is 11.5 Å². The molecule has 0 radical (unpaired) electrons. The van der Waals surface area contributed by atoms with Gasteiger partial charge in [0.25, 0.3) is 15.9 Å². The highest BCUT2D eigenvalue weighted by Crippen LogP contribution is 2.40. The van der Waals surface area contributed by atoms with Crippen LogP contribution in [0.1, 0.15) is 50.0 Å². The van der Waals surface area contributed by atoms with Gasteiger partial charge in [0.1, 0.15) is 23.5 Å². The van der Waals surface area contributed by atoms with Crippen LogP contribution in [0.2, 0.25) is 0 Å². The largest absolute Gasteiger partial charge is 0.508 e. The van der Waals surface area contributed by atoms with E-state index in [0.717, 1.165) is 37.5 Å². The minimum Gasteiger partial charge on any atom is -0.508 e. The molecule has 2 bridgehead atoms. The van der Waals surface area contributed by atoms with Crippen molar-refractivity contribution in [2.45, 2.75) is 50.5 Å². The predicted octanol–water partition coefficient (Wildman–Crippen LogP) is 2.69. The molecule has 1 N–H and O–H groups in total. The van der Waals surface area contributed by atoms with Gasteiger partial charge in [-0.1, -0.05) is 0 Å². The zero-order valence-electron chi connectivity index (χ0n) is 16.9. The highest BCUT2D eigenvalue weighted by atomic mass is 32.2. The Morgan fingerprint density at radius 2 is 1.97 bits per heavy atom. The van der Waals surface area contributed by atoms with Gasteiger partial charge in [-0.2, -0.15) is 4.40 Å². The molecule has 162 valence electrons. The molecule has 9 heteroatoms.